The Morgan fingerprint density at radius 2 is 2.03 bits per heavy atom. The average Bonchev–Trinajstić information content (AvgIpc) is 3.14. The van der Waals surface area contributed by atoms with Crippen molar-refractivity contribution in [2.24, 2.45) is 5.92 Å². The monoisotopic (exact) mass is 406 g/mol. The highest BCUT2D eigenvalue weighted by Crippen LogP contribution is 2.26. The number of likely N-dealkylation sites (tertiary alicyclic amines) is 1. The van der Waals surface area contributed by atoms with Crippen molar-refractivity contribution in [3.63, 3.8) is 0 Å². The maximum absolute atomic E-state index is 10.8. The summed E-state index contributed by atoms with van der Waals surface area (Å²) in [5, 5.41) is 9.87. The van der Waals surface area contributed by atoms with Gasteiger partial charge in [-0.15, -0.1) is 0 Å². The van der Waals surface area contributed by atoms with Crippen LogP contribution < -0.4 is 4.74 Å². The first kappa shape index (κ1) is 20.5. The Balaban J connectivity index is 1.25. The van der Waals surface area contributed by atoms with Gasteiger partial charge in [0.15, 0.2) is 0 Å². The molecule has 2 heterocycles. The van der Waals surface area contributed by atoms with Crippen LogP contribution in [0, 0.1) is 5.92 Å². The van der Waals surface area contributed by atoms with E-state index >= 15 is 0 Å². The van der Waals surface area contributed by atoms with E-state index < -0.39 is 6.16 Å². The summed E-state index contributed by atoms with van der Waals surface area (Å²) in [5.41, 5.74) is 3.69. The number of H-pyrrole nitrogens is 1. The standard InChI is InChI=1S/C25H30N2O3/c28-25(29)30-22-11-12-24-23(16-22)21(17-26-24)10-4-5-13-27-14-6-9-20(18-27)15-19-7-2-1-3-8-19/h1-3,7-8,11-12,16-17,20,26H,4-6,9-10,13-15,18H2,(H,28,29). The zero-order valence-corrected chi connectivity index (χ0v) is 17.3. The molecule has 3 aromatic rings. The molecule has 158 valence electrons. The number of fused-ring (bicyclic) bond motifs is 1. The lowest BCUT2D eigenvalue weighted by Gasteiger charge is -2.32. The molecule has 30 heavy (non-hydrogen) atoms. The first-order valence-electron chi connectivity index (χ1n) is 10.9. The quantitative estimate of drug-likeness (QED) is 0.294. The summed E-state index contributed by atoms with van der Waals surface area (Å²) < 4.78 is 4.80. The van der Waals surface area contributed by atoms with Crippen molar-refractivity contribution in [3.05, 3.63) is 65.9 Å². The van der Waals surface area contributed by atoms with Crippen LogP contribution in [0.4, 0.5) is 4.79 Å². The lowest BCUT2D eigenvalue weighted by Crippen LogP contribution is -2.36. The van der Waals surface area contributed by atoms with E-state index in [1.807, 2.05) is 18.3 Å². The molecule has 0 amide bonds. The number of ether oxygens (including phenoxy) is 1. The average molecular weight is 407 g/mol. The molecule has 1 aliphatic heterocycles. The van der Waals surface area contributed by atoms with Gasteiger partial charge in [0, 0.05) is 23.6 Å². The number of unbranched alkanes of at least 4 members (excludes halogenated alkanes) is 1. The van der Waals surface area contributed by atoms with E-state index in [9.17, 15) is 4.79 Å². The molecule has 0 saturated carbocycles. The molecular formula is C25H30N2O3. The van der Waals surface area contributed by atoms with Gasteiger partial charge in [-0.05, 0) is 86.9 Å². The molecule has 1 unspecified atom stereocenters. The van der Waals surface area contributed by atoms with Crippen molar-refractivity contribution in [3.8, 4) is 5.75 Å². The van der Waals surface area contributed by atoms with Crippen LogP contribution in [-0.4, -0.2) is 40.8 Å². The molecule has 0 aliphatic carbocycles. The lowest BCUT2D eigenvalue weighted by molar-refractivity contribution is 0.144. The number of hydrogen-bond acceptors (Lipinski definition) is 3. The second kappa shape index (κ2) is 9.81. The maximum Gasteiger partial charge on any atom is 0.511 e. The van der Waals surface area contributed by atoms with E-state index in [0.717, 1.165) is 36.2 Å². The van der Waals surface area contributed by atoms with E-state index in [2.05, 4.69) is 40.2 Å². The van der Waals surface area contributed by atoms with Crippen LogP contribution in [0.2, 0.25) is 0 Å². The maximum atomic E-state index is 10.8. The molecule has 5 nitrogen and oxygen atoms in total. The number of nitrogens with zero attached hydrogens (tertiary/aromatic N) is 1. The first-order valence-corrected chi connectivity index (χ1v) is 10.9. The van der Waals surface area contributed by atoms with Gasteiger partial charge in [-0.3, -0.25) is 0 Å². The minimum Gasteiger partial charge on any atom is -0.449 e. The largest absolute Gasteiger partial charge is 0.511 e. The van der Waals surface area contributed by atoms with E-state index in [4.69, 9.17) is 9.84 Å². The molecule has 0 bridgehead atoms. The van der Waals surface area contributed by atoms with Crippen molar-refractivity contribution >= 4 is 17.1 Å². The molecule has 1 fully saturated rings. The predicted molar refractivity (Wildman–Crippen MR) is 119 cm³/mol. The summed E-state index contributed by atoms with van der Waals surface area (Å²) in [6, 6.07) is 16.2. The van der Waals surface area contributed by atoms with Crippen molar-refractivity contribution in [2.45, 2.75) is 38.5 Å². The van der Waals surface area contributed by atoms with Gasteiger partial charge in [0.1, 0.15) is 5.75 Å². The van der Waals surface area contributed by atoms with E-state index in [0.29, 0.717) is 5.75 Å². The summed E-state index contributed by atoms with van der Waals surface area (Å²) in [4.78, 5) is 16.7. The number of benzene rings is 2. The normalized spacial score (nSPS) is 17.3. The van der Waals surface area contributed by atoms with Crippen molar-refractivity contribution in [1.82, 2.24) is 9.88 Å². The summed E-state index contributed by atoms with van der Waals surface area (Å²) in [6.07, 6.45) is 7.86. The van der Waals surface area contributed by atoms with Gasteiger partial charge in [0.05, 0.1) is 0 Å². The number of piperidine rings is 1. The van der Waals surface area contributed by atoms with Gasteiger partial charge < -0.3 is 19.7 Å². The summed E-state index contributed by atoms with van der Waals surface area (Å²) in [7, 11) is 0. The van der Waals surface area contributed by atoms with Gasteiger partial charge in [-0.1, -0.05) is 30.3 Å². The predicted octanol–water partition coefficient (Wildman–Crippen LogP) is 5.50. The van der Waals surface area contributed by atoms with Gasteiger partial charge >= 0.3 is 6.16 Å². The number of aryl methyl sites for hydroxylation is 1. The van der Waals surface area contributed by atoms with Crippen LogP contribution in [0.5, 0.6) is 5.75 Å². The Kier molecular flexibility index (Phi) is 6.70. The number of rotatable bonds is 8. The van der Waals surface area contributed by atoms with E-state index in [1.54, 1.807) is 6.07 Å². The Labute approximate surface area is 177 Å². The fourth-order valence-electron chi connectivity index (χ4n) is 4.65. The molecule has 1 atom stereocenters. The number of aromatic nitrogens is 1. The van der Waals surface area contributed by atoms with Crippen LogP contribution in [0.25, 0.3) is 10.9 Å². The minimum atomic E-state index is -1.28. The minimum absolute atomic E-state index is 0.369. The topological polar surface area (TPSA) is 65.6 Å². The summed E-state index contributed by atoms with van der Waals surface area (Å²) in [6.45, 7) is 3.58. The van der Waals surface area contributed by atoms with Gasteiger partial charge in [-0.25, -0.2) is 4.79 Å². The first-order chi connectivity index (χ1) is 14.7. The van der Waals surface area contributed by atoms with Crippen LogP contribution in [0.15, 0.2) is 54.7 Å². The zero-order valence-electron chi connectivity index (χ0n) is 17.3. The van der Waals surface area contributed by atoms with Crippen molar-refractivity contribution in [1.29, 1.82) is 0 Å². The highest BCUT2D eigenvalue weighted by Gasteiger charge is 2.19. The van der Waals surface area contributed by atoms with Crippen LogP contribution in [0.3, 0.4) is 0 Å². The highest BCUT2D eigenvalue weighted by atomic mass is 16.7. The fraction of sp³-hybridized carbons (Fsp3) is 0.400. The van der Waals surface area contributed by atoms with Crippen molar-refractivity contribution in [2.75, 3.05) is 19.6 Å². The number of aromatic amines is 1. The van der Waals surface area contributed by atoms with Crippen LogP contribution in [-0.2, 0) is 12.8 Å². The zero-order chi connectivity index (χ0) is 20.8. The number of carboxylic acid groups (broad SMARTS) is 1. The Morgan fingerprint density at radius 1 is 1.17 bits per heavy atom. The van der Waals surface area contributed by atoms with E-state index in [-0.39, 0.29) is 0 Å². The lowest BCUT2D eigenvalue weighted by atomic mass is 9.91. The Morgan fingerprint density at radius 3 is 2.87 bits per heavy atom. The third-order valence-electron chi connectivity index (χ3n) is 6.08. The van der Waals surface area contributed by atoms with Gasteiger partial charge in [0.25, 0.3) is 0 Å². The highest BCUT2D eigenvalue weighted by molar-refractivity contribution is 5.85. The van der Waals surface area contributed by atoms with Gasteiger partial charge in [0.2, 0.25) is 0 Å². The summed E-state index contributed by atoms with van der Waals surface area (Å²) >= 11 is 0. The van der Waals surface area contributed by atoms with Crippen LogP contribution >= 0.6 is 0 Å². The van der Waals surface area contributed by atoms with Crippen LogP contribution in [0.1, 0.15) is 36.8 Å². The molecule has 1 aliphatic rings. The molecule has 2 aromatic carbocycles. The van der Waals surface area contributed by atoms with Crippen molar-refractivity contribution < 1.29 is 14.6 Å². The summed E-state index contributed by atoms with van der Waals surface area (Å²) in [5.74, 6) is 1.14. The second-order valence-electron chi connectivity index (χ2n) is 8.34. The molecule has 0 radical (unpaired) electrons. The molecule has 4 rings (SSSR count). The number of nitrogens with one attached hydrogen (secondary N) is 1. The Bertz CT molecular complexity index is 967. The molecule has 0 spiro atoms. The smallest absolute Gasteiger partial charge is 0.449 e. The molecule has 1 saturated heterocycles. The molecule has 5 heteroatoms. The second-order valence-corrected chi connectivity index (χ2v) is 8.34. The number of hydrogen-bond donors (Lipinski definition) is 2. The fourth-order valence-corrected chi connectivity index (χ4v) is 4.65. The molecule has 2 N–H and O–H groups in total. The third kappa shape index (κ3) is 5.42. The third-order valence-corrected chi connectivity index (χ3v) is 6.08. The SMILES string of the molecule is O=C(O)Oc1ccc2[nH]cc(CCCCN3CCCC(Cc4ccccc4)C3)c2c1. The van der Waals surface area contributed by atoms with Gasteiger partial charge in [-0.2, -0.15) is 0 Å². The number of carbonyl (C=O) groups is 1. The Hall–Kier alpha value is -2.79. The van der Waals surface area contributed by atoms with E-state index in [1.165, 1.54) is 49.9 Å². The molecule has 1 aromatic heterocycles. The molecular weight excluding hydrogens is 376 g/mol.